The van der Waals surface area contributed by atoms with Crippen molar-refractivity contribution in [3.63, 3.8) is 0 Å². The summed E-state index contributed by atoms with van der Waals surface area (Å²) in [5.41, 5.74) is 0.0536. The van der Waals surface area contributed by atoms with Crippen LogP contribution >= 0.6 is 15.9 Å². The van der Waals surface area contributed by atoms with Crippen LogP contribution < -0.4 is 0 Å². The topological polar surface area (TPSA) is 25.8 Å². The zero-order chi connectivity index (χ0) is 12.0. The predicted octanol–water partition coefficient (Wildman–Crippen LogP) is 2.39. The van der Waals surface area contributed by atoms with Gasteiger partial charge in [-0.05, 0) is 34.1 Å². The minimum absolute atomic E-state index is 0.0363. The number of fused-ring (bicyclic) bond motifs is 1. The van der Waals surface area contributed by atoms with Crippen LogP contribution in [0.4, 0.5) is 0 Å². The lowest BCUT2D eigenvalue weighted by atomic mass is 10.3. The molecule has 11 heavy (non-hydrogen) atoms. The first kappa shape index (κ1) is 3.19. The first-order chi connectivity index (χ1) is 7.43. The molecular weight excluding hydrogens is 204 g/mol. The van der Waals surface area contributed by atoms with Crippen LogP contribution in [0.2, 0.25) is 0 Å². The lowest BCUT2D eigenvalue weighted by Gasteiger charge is -1.94. The largest absolute Gasteiger partial charge is 0.256 e. The molecule has 0 atom stereocenters. The van der Waals surface area contributed by atoms with E-state index in [1.54, 1.807) is 0 Å². The Kier molecular flexibility index (Phi) is 0.749. The van der Waals surface area contributed by atoms with Crippen LogP contribution in [0.25, 0.3) is 10.9 Å². The second kappa shape index (κ2) is 2.58. The Morgan fingerprint density at radius 2 is 2.36 bits per heavy atom. The fourth-order valence-electron chi connectivity index (χ4n) is 0.691. The normalized spacial score (nSPS) is 16.6. The summed E-state index contributed by atoms with van der Waals surface area (Å²) in [7, 11) is 0. The highest BCUT2D eigenvalue weighted by atomic mass is 79.9. The summed E-state index contributed by atoms with van der Waals surface area (Å²) >= 11 is 3.01. The van der Waals surface area contributed by atoms with Crippen LogP contribution in [-0.2, 0) is 0 Å². The molecule has 2 aromatic rings. The van der Waals surface area contributed by atoms with Gasteiger partial charge in [0.1, 0.15) is 4.60 Å². The molecule has 3 heteroatoms. The van der Waals surface area contributed by atoms with Crippen molar-refractivity contribution in [1.29, 1.82) is 0 Å². The Balaban J connectivity index is 3.07. The third kappa shape index (κ3) is 1.24. The summed E-state index contributed by atoms with van der Waals surface area (Å²) < 4.78 is 37.8. The third-order valence-electron chi connectivity index (χ3n) is 1.14. The van der Waals surface area contributed by atoms with E-state index in [1.807, 2.05) is 0 Å². The van der Waals surface area contributed by atoms with E-state index < -0.39 is 0 Å². The van der Waals surface area contributed by atoms with Crippen LogP contribution in [0.1, 0.15) is 6.85 Å². The van der Waals surface area contributed by atoms with Gasteiger partial charge in [-0.1, -0.05) is 0 Å². The molecule has 0 spiro atoms. The van der Waals surface area contributed by atoms with Gasteiger partial charge in [0.2, 0.25) is 0 Å². The standard InChI is InChI=1S/C8H5BrN2/c9-8-4-7-6(5-11-8)2-1-3-10-7/h1-5H/i1D,2D,3D,4D,5D. The second-order valence-corrected chi connectivity index (χ2v) is 2.59. The van der Waals surface area contributed by atoms with Crippen molar-refractivity contribution >= 4 is 26.8 Å². The van der Waals surface area contributed by atoms with E-state index in [2.05, 4.69) is 25.9 Å². The molecule has 0 radical (unpaired) electrons. The zero-order valence-corrected chi connectivity index (χ0v) is 6.86. The predicted molar refractivity (Wildman–Crippen MR) is 47.2 cm³/mol. The van der Waals surface area contributed by atoms with Crippen molar-refractivity contribution in [3.05, 3.63) is 35.1 Å². The van der Waals surface area contributed by atoms with E-state index >= 15 is 0 Å². The van der Waals surface area contributed by atoms with Crippen LogP contribution in [0, 0.1) is 0 Å². The molecule has 0 amide bonds. The SMILES string of the molecule is [2H]c1nc2c([2H])c(Br)nc([2H])c2c([2H])c1[2H]. The maximum Gasteiger partial charge on any atom is 0.108 e. The molecule has 0 bridgehead atoms. The molecule has 0 aromatic carbocycles. The van der Waals surface area contributed by atoms with Crippen molar-refractivity contribution in [2.24, 2.45) is 0 Å². The van der Waals surface area contributed by atoms with E-state index in [9.17, 15) is 0 Å². The molecule has 2 aromatic heterocycles. The minimum Gasteiger partial charge on any atom is -0.256 e. The number of hydrogen-bond donors (Lipinski definition) is 0. The monoisotopic (exact) mass is 213 g/mol. The number of hydrogen-bond acceptors (Lipinski definition) is 2. The third-order valence-corrected chi connectivity index (χ3v) is 1.51. The average molecular weight is 214 g/mol. The van der Waals surface area contributed by atoms with Crippen LogP contribution in [-0.4, -0.2) is 9.97 Å². The molecule has 0 saturated heterocycles. The Morgan fingerprint density at radius 1 is 1.45 bits per heavy atom. The summed E-state index contributed by atoms with van der Waals surface area (Å²) in [6.45, 7) is 0. The van der Waals surface area contributed by atoms with Crippen LogP contribution in [0.5, 0.6) is 0 Å². The number of aromatic nitrogens is 2. The van der Waals surface area contributed by atoms with Crippen LogP contribution in [0.15, 0.2) is 35.1 Å². The molecule has 0 saturated carbocycles. The van der Waals surface area contributed by atoms with Crippen LogP contribution in [0.3, 0.4) is 0 Å². The van der Waals surface area contributed by atoms with Crippen molar-refractivity contribution in [1.82, 2.24) is 9.97 Å². The van der Waals surface area contributed by atoms with Gasteiger partial charge in [0.05, 0.1) is 12.4 Å². The van der Waals surface area contributed by atoms with Gasteiger partial charge >= 0.3 is 0 Å². The Bertz CT molecular complexity index is 601. The molecule has 0 aliphatic heterocycles. The molecule has 2 rings (SSSR count). The summed E-state index contributed by atoms with van der Waals surface area (Å²) in [5, 5.41) is 0.0363. The summed E-state index contributed by atoms with van der Waals surface area (Å²) in [5.74, 6) is 0. The first-order valence-corrected chi connectivity index (χ1v) is 3.63. The molecular formula is C8H5BrN2. The van der Waals surface area contributed by atoms with Crippen molar-refractivity contribution < 1.29 is 6.85 Å². The van der Waals surface area contributed by atoms with Gasteiger partial charge < -0.3 is 0 Å². The molecule has 0 N–H and O–H groups in total. The molecule has 2 nitrogen and oxygen atoms in total. The van der Waals surface area contributed by atoms with E-state index in [0.29, 0.717) is 0 Å². The highest BCUT2D eigenvalue weighted by Crippen LogP contribution is 2.13. The Morgan fingerprint density at radius 3 is 3.27 bits per heavy atom. The molecule has 0 unspecified atom stereocenters. The summed E-state index contributed by atoms with van der Waals surface area (Å²) in [6, 6.07) is -0.717. The van der Waals surface area contributed by atoms with Crippen molar-refractivity contribution in [3.8, 4) is 0 Å². The lowest BCUT2D eigenvalue weighted by molar-refractivity contribution is 1.28. The second-order valence-electron chi connectivity index (χ2n) is 1.84. The van der Waals surface area contributed by atoms with Crippen molar-refractivity contribution in [2.75, 3.05) is 0 Å². The zero-order valence-electron chi connectivity index (χ0n) is 10.3. The van der Waals surface area contributed by atoms with E-state index in [-0.39, 0.29) is 46.0 Å². The number of rotatable bonds is 0. The molecule has 54 valence electrons. The van der Waals surface area contributed by atoms with E-state index in [4.69, 9.17) is 6.85 Å². The molecule has 2 heterocycles. The molecule has 0 fully saturated rings. The number of pyridine rings is 2. The summed E-state index contributed by atoms with van der Waals surface area (Å²) in [6.07, 6.45) is -0.590. The van der Waals surface area contributed by atoms with Gasteiger partial charge in [-0.2, -0.15) is 0 Å². The van der Waals surface area contributed by atoms with Gasteiger partial charge in [0.15, 0.2) is 0 Å². The van der Waals surface area contributed by atoms with Gasteiger partial charge in [-0.3, -0.25) is 4.98 Å². The lowest BCUT2D eigenvalue weighted by Crippen LogP contribution is -1.79. The molecule has 0 aliphatic rings. The quantitative estimate of drug-likeness (QED) is 0.629. The Labute approximate surface area is 79.4 Å². The highest BCUT2D eigenvalue weighted by molar-refractivity contribution is 9.10. The maximum absolute atomic E-state index is 7.67. The number of nitrogens with zero attached hydrogens (tertiary/aromatic N) is 2. The highest BCUT2D eigenvalue weighted by Gasteiger charge is 1.93. The minimum atomic E-state index is -0.372. The van der Waals surface area contributed by atoms with Gasteiger partial charge in [0, 0.05) is 17.7 Å². The van der Waals surface area contributed by atoms with E-state index in [1.165, 1.54) is 0 Å². The van der Waals surface area contributed by atoms with Crippen molar-refractivity contribution in [2.45, 2.75) is 0 Å². The number of halogens is 1. The van der Waals surface area contributed by atoms with E-state index in [0.717, 1.165) is 0 Å². The fourth-order valence-corrected chi connectivity index (χ4v) is 0.968. The Hall–Kier alpha value is -0.960. The molecule has 0 aliphatic carbocycles. The van der Waals surface area contributed by atoms with Gasteiger partial charge in [0.25, 0.3) is 0 Å². The first-order valence-electron chi connectivity index (χ1n) is 5.33. The fraction of sp³-hybridized carbons (Fsp3) is 0. The summed E-state index contributed by atoms with van der Waals surface area (Å²) in [4.78, 5) is 7.46. The average Bonchev–Trinajstić information content (AvgIpc) is 2.22. The maximum atomic E-state index is 7.67. The smallest absolute Gasteiger partial charge is 0.108 e. The van der Waals surface area contributed by atoms with Gasteiger partial charge in [-0.15, -0.1) is 0 Å². The van der Waals surface area contributed by atoms with Gasteiger partial charge in [-0.25, -0.2) is 4.98 Å².